The Balaban J connectivity index is 1.78. The van der Waals surface area contributed by atoms with Crippen LogP contribution in [-0.4, -0.2) is 31.5 Å². The number of amides is 1. The molecule has 0 saturated heterocycles. The number of nitrogens with one attached hydrogen (secondary N) is 3. The first kappa shape index (κ1) is 17.2. The zero-order chi connectivity index (χ0) is 16.7. The van der Waals surface area contributed by atoms with Crippen molar-refractivity contribution in [1.29, 1.82) is 0 Å². The van der Waals surface area contributed by atoms with Gasteiger partial charge in [-0.25, -0.2) is 9.38 Å². The van der Waals surface area contributed by atoms with Crippen LogP contribution >= 0.6 is 0 Å². The van der Waals surface area contributed by atoms with E-state index in [-0.39, 0.29) is 17.6 Å². The molecule has 1 fully saturated rings. The summed E-state index contributed by atoms with van der Waals surface area (Å²) in [7, 11) is 0. The van der Waals surface area contributed by atoms with Crippen LogP contribution in [0.4, 0.5) is 4.39 Å². The predicted octanol–water partition coefficient (Wildman–Crippen LogP) is 1.72. The van der Waals surface area contributed by atoms with Crippen molar-refractivity contribution in [1.82, 2.24) is 16.0 Å². The largest absolute Gasteiger partial charge is 0.357 e. The molecular weight excluding hydrogens is 295 g/mol. The number of carbonyl (C=O) groups is 1. The minimum absolute atomic E-state index is 0.149. The van der Waals surface area contributed by atoms with Gasteiger partial charge in [0.25, 0.3) is 0 Å². The van der Waals surface area contributed by atoms with Crippen LogP contribution < -0.4 is 16.0 Å². The van der Waals surface area contributed by atoms with E-state index in [9.17, 15) is 9.18 Å². The molecule has 1 aromatic rings. The third kappa shape index (κ3) is 5.88. The SMILES string of the molecule is CCNC(=NCc1ccc(F)c(C)c1)NCCNC(=O)C1CC1. The zero-order valence-corrected chi connectivity index (χ0v) is 13.8. The van der Waals surface area contributed by atoms with Crippen LogP contribution in [0.25, 0.3) is 0 Å². The fraction of sp³-hybridized carbons (Fsp3) is 0.529. The lowest BCUT2D eigenvalue weighted by Gasteiger charge is -2.12. The van der Waals surface area contributed by atoms with Crippen LogP contribution in [0.15, 0.2) is 23.2 Å². The summed E-state index contributed by atoms with van der Waals surface area (Å²) in [5.41, 5.74) is 1.58. The van der Waals surface area contributed by atoms with Gasteiger partial charge in [-0.1, -0.05) is 12.1 Å². The van der Waals surface area contributed by atoms with Gasteiger partial charge in [-0.05, 0) is 43.9 Å². The van der Waals surface area contributed by atoms with E-state index in [1.54, 1.807) is 19.1 Å². The summed E-state index contributed by atoms with van der Waals surface area (Å²) in [6.45, 7) is 6.17. The lowest BCUT2D eigenvalue weighted by atomic mass is 10.1. The van der Waals surface area contributed by atoms with Crippen molar-refractivity contribution in [2.75, 3.05) is 19.6 Å². The van der Waals surface area contributed by atoms with Gasteiger partial charge in [0.1, 0.15) is 5.82 Å². The third-order valence-corrected chi connectivity index (χ3v) is 3.65. The highest BCUT2D eigenvalue weighted by Gasteiger charge is 2.28. The minimum atomic E-state index is -0.200. The van der Waals surface area contributed by atoms with Crippen LogP contribution in [-0.2, 0) is 11.3 Å². The molecule has 0 atom stereocenters. The Morgan fingerprint density at radius 2 is 2.00 bits per heavy atom. The highest BCUT2D eigenvalue weighted by molar-refractivity contribution is 5.81. The number of hydrogen-bond acceptors (Lipinski definition) is 2. The van der Waals surface area contributed by atoms with E-state index < -0.39 is 0 Å². The Labute approximate surface area is 136 Å². The second-order valence-corrected chi connectivity index (χ2v) is 5.77. The summed E-state index contributed by atoms with van der Waals surface area (Å²) in [5.74, 6) is 0.874. The first-order chi connectivity index (χ1) is 11.1. The van der Waals surface area contributed by atoms with Crippen LogP contribution in [0.5, 0.6) is 0 Å². The quantitative estimate of drug-likeness (QED) is 0.407. The normalized spacial score (nSPS) is 14.5. The van der Waals surface area contributed by atoms with Gasteiger partial charge in [0, 0.05) is 25.6 Å². The average Bonchev–Trinajstić information content (AvgIpc) is 3.37. The van der Waals surface area contributed by atoms with Crippen molar-refractivity contribution >= 4 is 11.9 Å². The number of benzene rings is 1. The lowest BCUT2D eigenvalue weighted by Crippen LogP contribution is -2.41. The molecule has 0 radical (unpaired) electrons. The molecule has 23 heavy (non-hydrogen) atoms. The molecule has 1 saturated carbocycles. The highest BCUT2D eigenvalue weighted by Crippen LogP contribution is 2.28. The zero-order valence-electron chi connectivity index (χ0n) is 13.8. The maximum absolute atomic E-state index is 13.3. The van der Waals surface area contributed by atoms with E-state index in [2.05, 4.69) is 20.9 Å². The van der Waals surface area contributed by atoms with Gasteiger partial charge in [0.2, 0.25) is 5.91 Å². The maximum atomic E-state index is 13.3. The Bertz CT molecular complexity index is 570. The predicted molar refractivity (Wildman–Crippen MR) is 89.7 cm³/mol. The van der Waals surface area contributed by atoms with E-state index in [1.165, 1.54) is 6.07 Å². The van der Waals surface area contributed by atoms with Crippen molar-refractivity contribution in [2.24, 2.45) is 10.9 Å². The van der Waals surface area contributed by atoms with Crippen LogP contribution in [0.2, 0.25) is 0 Å². The van der Waals surface area contributed by atoms with Crippen molar-refractivity contribution in [3.63, 3.8) is 0 Å². The molecule has 0 aromatic heterocycles. The molecule has 0 bridgehead atoms. The fourth-order valence-corrected chi connectivity index (χ4v) is 2.17. The Morgan fingerprint density at radius 3 is 2.65 bits per heavy atom. The summed E-state index contributed by atoms with van der Waals surface area (Å²) in [4.78, 5) is 16.0. The van der Waals surface area contributed by atoms with Gasteiger partial charge in [-0.2, -0.15) is 0 Å². The number of aryl methyl sites for hydroxylation is 1. The van der Waals surface area contributed by atoms with E-state index in [1.807, 2.05) is 6.92 Å². The highest BCUT2D eigenvalue weighted by atomic mass is 19.1. The van der Waals surface area contributed by atoms with Gasteiger partial charge < -0.3 is 16.0 Å². The molecule has 3 N–H and O–H groups in total. The molecule has 1 aromatic carbocycles. The molecule has 5 nitrogen and oxygen atoms in total. The Kier molecular flexibility index (Phi) is 6.38. The summed E-state index contributed by atoms with van der Waals surface area (Å²) in [6, 6.07) is 5.01. The number of rotatable bonds is 7. The standard InChI is InChI=1S/C17H25FN4O/c1-3-19-17(21-9-8-20-16(23)14-5-6-14)22-11-13-4-7-15(18)12(2)10-13/h4,7,10,14H,3,5-6,8-9,11H2,1-2H3,(H,20,23)(H2,19,21,22). The molecule has 1 aliphatic carbocycles. The third-order valence-electron chi connectivity index (χ3n) is 3.65. The molecule has 0 spiro atoms. The molecule has 0 unspecified atom stereocenters. The number of halogens is 1. The van der Waals surface area contributed by atoms with Gasteiger partial charge in [-0.3, -0.25) is 4.79 Å². The number of carbonyl (C=O) groups excluding carboxylic acids is 1. The smallest absolute Gasteiger partial charge is 0.223 e. The maximum Gasteiger partial charge on any atom is 0.223 e. The number of aliphatic imine (C=N–C) groups is 1. The molecule has 1 aliphatic rings. The summed E-state index contributed by atoms with van der Waals surface area (Å²) in [6.07, 6.45) is 2.03. The van der Waals surface area contributed by atoms with Crippen LogP contribution in [0.3, 0.4) is 0 Å². The van der Waals surface area contributed by atoms with Crippen molar-refractivity contribution in [3.8, 4) is 0 Å². The van der Waals surface area contributed by atoms with Crippen LogP contribution in [0.1, 0.15) is 30.9 Å². The molecule has 0 heterocycles. The summed E-state index contributed by atoms with van der Waals surface area (Å²) >= 11 is 0. The summed E-state index contributed by atoms with van der Waals surface area (Å²) in [5, 5.41) is 9.24. The topological polar surface area (TPSA) is 65.5 Å². The number of nitrogens with zero attached hydrogens (tertiary/aromatic N) is 1. The van der Waals surface area contributed by atoms with Crippen LogP contribution in [0, 0.1) is 18.7 Å². The molecule has 2 rings (SSSR count). The number of guanidine groups is 1. The first-order valence-corrected chi connectivity index (χ1v) is 8.15. The Morgan fingerprint density at radius 1 is 1.26 bits per heavy atom. The van der Waals surface area contributed by atoms with Crippen molar-refractivity contribution in [3.05, 3.63) is 35.1 Å². The second kappa shape index (κ2) is 8.50. The fourth-order valence-electron chi connectivity index (χ4n) is 2.17. The average molecular weight is 320 g/mol. The van der Waals surface area contributed by atoms with Gasteiger partial charge in [0.05, 0.1) is 6.54 Å². The van der Waals surface area contributed by atoms with Crippen molar-refractivity contribution in [2.45, 2.75) is 33.2 Å². The second-order valence-electron chi connectivity index (χ2n) is 5.77. The Hall–Kier alpha value is -2.11. The minimum Gasteiger partial charge on any atom is -0.357 e. The first-order valence-electron chi connectivity index (χ1n) is 8.15. The van der Waals surface area contributed by atoms with E-state index in [0.29, 0.717) is 31.2 Å². The monoisotopic (exact) mass is 320 g/mol. The van der Waals surface area contributed by atoms with Gasteiger partial charge in [0.15, 0.2) is 5.96 Å². The number of hydrogen-bond donors (Lipinski definition) is 3. The van der Waals surface area contributed by atoms with Crippen molar-refractivity contribution < 1.29 is 9.18 Å². The lowest BCUT2D eigenvalue weighted by molar-refractivity contribution is -0.122. The van der Waals surface area contributed by atoms with E-state index in [0.717, 1.165) is 24.9 Å². The molecular formula is C17H25FN4O. The van der Waals surface area contributed by atoms with E-state index >= 15 is 0 Å². The molecule has 0 aliphatic heterocycles. The molecule has 126 valence electrons. The summed E-state index contributed by atoms with van der Waals surface area (Å²) < 4.78 is 13.3. The molecule has 1 amide bonds. The van der Waals surface area contributed by atoms with Gasteiger partial charge >= 0.3 is 0 Å². The van der Waals surface area contributed by atoms with Gasteiger partial charge in [-0.15, -0.1) is 0 Å². The molecule has 6 heteroatoms. The van der Waals surface area contributed by atoms with E-state index in [4.69, 9.17) is 0 Å².